The Morgan fingerprint density at radius 2 is 1.72 bits per heavy atom. The predicted octanol–water partition coefficient (Wildman–Crippen LogP) is 7.34. The summed E-state index contributed by atoms with van der Waals surface area (Å²) in [6, 6.07) is 17.8. The molecule has 0 bridgehead atoms. The van der Waals surface area contributed by atoms with Crippen molar-refractivity contribution in [1.82, 2.24) is 14.5 Å². The monoisotopic (exact) mass is 515 g/mol. The molecular weight excluding hydrogens is 489 g/mol. The van der Waals surface area contributed by atoms with Crippen LogP contribution < -0.4 is 5.56 Å². The summed E-state index contributed by atoms with van der Waals surface area (Å²) in [5.74, 6) is 7.94. The number of halogens is 2. The van der Waals surface area contributed by atoms with Gasteiger partial charge in [-0.15, -0.1) is 23.2 Å². The number of unbranched alkanes of at least 4 members (excludes halogenated alkanes) is 3. The molecule has 0 atom stereocenters. The van der Waals surface area contributed by atoms with Crippen LogP contribution in [0.4, 0.5) is 0 Å². The summed E-state index contributed by atoms with van der Waals surface area (Å²) in [6.07, 6.45) is 6.88. The Morgan fingerprint density at radius 3 is 2.58 bits per heavy atom. The molecule has 0 spiro atoms. The van der Waals surface area contributed by atoms with Crippen LogP contribution in [0.2, 0.25) is 0 Å². The molecule has 0 saturated heterocycles. The number of nitrogens with zero attached hydrogens (tertiary/aromatic N) is 2. The Labute approximate surface area is 220 Å². The number of benzene rings is 2. The van der Waals surface area contributed by atoms with Crippen molar-refractivity contribution in [3.63, 3.8) is 0 Å². The summed E-state index contributed by atoms with van der Waals surface area (Å²) in [7, 11) is 0. The summed E-state index contributed by atoms with van der Waals surface area (Å²) in [5, 5.41) is 2.58. The van der Waals surface area contributed by atoms with Crippen molar-refractivity contribution in [2.24, 2.45) is 0 Å². The number of fused-ring (bicyclic) bond motifs is 4. The van der Waals surface area contributed by atoms with Gasteiger partial charge in [-0.3, -0.25) is 14.3 Å². The average molecular weight is 516 g/mol. The molecule has 0 saturated carbocycles. The van der Waals surface area contributed by atoms with E-state index in [1.165, 1.54) is 0 Å². The summed E-state index contributed by atoms with van der Waals surface area (Å²) in [5.41, 5.74) is 5.00. The van der Waals surface area contributed by atoms with E-state index in [0.29, 0.717) is 17.1 Å². The highest BCUT2D eigenvalue weighted by Gasteiger charge is 2.21. The number of aromatic nitrogens is 3. The number of rotatable bonds is 8. The van der Waals surface area contributed by atoms with Crippen molar-refractivity contribution in [1.29, 1.82) is 0 Å². The topological polar surface area (TPSA) is 50.7 Å². The number of H-pyrrole nitrogens is 1. The molecule has 0 amide bonds. The van der Waals surface area contributed by atoms with Gasteiger partial charge >= 0.3 is 0 Å². The molecule has 0 radical (unpaired) electrons. The molecule has 2 aromatic carbocycles. The van der Waals surface area contributed by atoms with Gasteiger partial charge in [-0.1, -0.05) is 42.3 Å². The highest BCUT2D eigenvalue weighted by atomic mass is 35.5. The lowest BCUT2D eigenvalue weighted by atomic mass is 10.0. The largest absolute Gasteiger partial charge is 0.354 e. The van der Waals surface area contributed by atoms with Crippen LogP contribution in [0, 0.1) is 11.8 Å². The zero-order valence-corrected chi connectivity index (χ0v) is 21.5. The van der Waals surface area contributed by atoms with E-state index in [2.05, 4.69) is 21.8 Å². The van der Waals surface area contributed by atoms with Crippen LogP contribution in [0.1, 0.15) is 43.4 Å². The van der Waals surface area contributed by atoms with Gasteiger partial charge in [0.05, 0.1) is 22.1 Å². The first-order valence-electron chi connectivity index (χ1n) is 12.4. The Balaban J connectivity index is 1.87. The average Bonchev–Trinajstić information content (AvgIpc) is 3.30. The highest BCUT2D eigenvalue weighted by molar-refractivity contribution is 6.18. The molecule has 3 aromatic heterocycles. The molecule has 3 heterocycles. The summed E-state index contributed by atoms with van der Waals surface area (Å²) < 4.78 is 1.78. The van der Waals surface area contributed by atoms with Crippen molar-refractivity contribution in [3.05, 3.63) is 82.4 Å². The van der Waals surface area contributed by atoms with Crippen LogP contribution in [-0.4, -0.2) is 26.3 Å². The van der Waals surface area contributed by atoms with E-state index in [1.807, 2.05) is 54.6 Å². The van der Waals surface area contributed by atoms with Crippen LogP contribution in [-0.2, 0) is 6.42 Å². The van der Waals surface area contributed by atoms with Gasteiger partial charge in [0, 0.05) is 46.2 Å². The van der Waals surface area contributed by atoms with Gasteiger partial charge in [0.25, 0.3) is 5.56 Å². The highest BCUT2D eigenvalue weighted by Crippen LogP contribution is 2.30. The fourth-order valence-corrected chi connectivity index (χ4v) is 5.16. The van der Waals surface area contributed by atoms with Crippen molar-refractivity contribution in [2.45, 2.75) is 38.5 Å². The minimum atomic E-state index is -0.0910. The van der Waals surface area contributed by atoms with Crippen molar-refractivity contribution in [3.8, 4) is 17.5 Å². The molecule has 1 N–H and O–H groups in total. The first-order chi connectivity index (χ1) is 17.7. The maximum Gasteiger partial charge on any atom is 0.266 e. The molecule has 4 nitrogen and oxygen atoms in total. The van der Waals surface area contributed by atoms with E-state index in [4.69, 9.17) is 23.2 Å². The lowest BCUT2D eigenvalue weighted by Crippen LogP contribution is -2.23. The number of hydrogen-bond donors (Lipinski definition) is 1. The second-order valence-electron chi connectivity index (χ2n) is 8.83. The van der Waals surface area contributed by atoms with Gasteiger partial charge in [0.1, 0.15) is 5.69 Å². The van der Waals surface area contributed by atoms with Crippen LogP contribution >= 0.6 is 23.2 Å². The second-order valence-corrected chi connectivity index (χ2v) is 9.59. The van der Waals surface area contributed by atoms with Gasteiger partial charge in [-0.25, -0.2) is 0 Å². The molecule has 6 heteroatoms. The number of hydrogen-bond acceptors (Lipinski definition) is 2. The zero-order chi connectivity index (χ0) is 24.9. The van der Waals surface area contributed by atoms with Crippen molar-refractivity contribution >= 4 is 55.9 Å². The molecule has 0 aliphatic carbocycles. The van der Waals surface area contributed by atoms with Crippen LogP contribution in [0.15, 0.2) is 65.6 Å². The molecule has 0 unspecified atom stereocenters. The quantitative estimate of drug-likeness (QED) is 0.133. The van der Waals surface area contributed by atoms with Gasteiger partial charge < -0.3 is 4.98 Å². The van der Waals surface area contributed by atoms with Crippen molar-refractivity contribution in [2.75, 3.05) is 11.8 Å². The molecular formula is C30H27Cl2N3O. The van der Waals surface area contributed by atoms with Gasteiger partial charge in [-0.05, 0) is 56.2 Å². The second kappa shape index (κ2) is 11.2. The molecule has 36 heavy (non-hydrogen) atoms. The number of aryl methyl sites for hydroxylation is 1. The lowest BCUT2D eigenvalue weighted by Gasteiger charge is -2.16. The van der Waals surface area contributed by atoms with E-state index < -0.39 is 0 Å². The van der Waals surface area contributed by atoms with Gasteiger partial charge in [0.15, 0.2) is 0 Å². The van der Waals surface area contributed by atoms with Gasteiger partial charge in [-0.2, -0.15) is 0 Å². The molecule has 182 valence electrons. The summed E-state index contributed by atoms with van der Waals surface area (Å²) in [6.45, 7) is 0. The first-order valence-corrected chi connectivity index (χ1v) is 13.4. The third-order valence-corrected chi connectivity index (χ3v) is 7.02. The van der Waals surface area contributed by atoms with E-state index in [0.717, 1.165) is 82.8 Å². The summed E-state index contributed by atoms with van der Waals surface area (Å²) >= 11 is 11.9. The van der Waals surface area contributed by atoms with Crippen LogP contribution in [0.3, 0.4) is 0 Å². The first kappa shape index (κ1) is 24.4. The third-order valence-electron chi connectivity index (χ3n) is 6.49. The minimum absolute atomic E-state index is 0.0910. The van der Waals surface area contributed by atoms with E-state index >= 15 is 0 Å². The number of pyridine rings is 2. The standard InChI is InChI=1S/C30H27Cl2N3O/c31-18-7-2-1-3-16-25-23(14-6-8-19-32)29-27(22-13-4-5-15-24(22)34-29)30(36)35(25)26-17-9-11-21-12-10-20-33-28(21)26/h4-5,9-13,15,17,20,34H,1-2,6-8,14,18-19H2. The maximum absolute atomic E-state index is 14.3. The minimum Gasteiger partial charge on any atom is -0.354 e. The molecule has 0 fully saturated rings. The maximum atomic E-state index is 14.3. The fourth-order valence-electron chi connectivity index (χ4n) is 4.78. The Kier molecular flexibility index (Phi) is 7.60. The molecule has 0 aliphatic rings. The summed E-state index contributed by atoms with van der Waals surface area (Å²) in [4.78, 5) is 22.5. The smallest absolute Gasteiger partial charge is 0.266 e. The lowest BCUT2D eigenvalue weighted by molar-refractivity contribution is 0.791. The zero-order valence-electron chi connectivity index (χ0n) is 20.0. The van der Waals surface area contributed by atoms with Crippen LogP contribution in [0.25, 0.3) is 38.4 Å². The third kappa shape index (κ3) is 4.62. The number of aromatic amines is 1. The van der Waals surface area contributed by atoms with Crippen LogP contribution in [0.5, 0.6) is 0 Å². The van der Waals surface area contributed by atoms with Crippen molar-refractivity contribution < 1.29 is 0 Å². The molecule has 5 aromatic rings. The SMILES string of the molecule is O=c1c2c([nH]c3ccccc32)c(CCCCCl)c(C#CCCCCCl)n1-c1cccc2cccnc12. The number of nitrogens with one attached hydrogen (secondary N) is 1. The number of para-hydroxylation sites is 2. The molecule has 0 aliphatic heterocycles. The normalized spacial score (nSPS) is 11.3. The Morgan fingerprint density at radius 1 is 0.917 bits per heavy atom. The van der Waals surface area contributed by atoms with E-state index in [9.17, 15) is 4.79 Å². The van der Waals surface area contributed by atoms with Gasteiger partial charge in [0.2, 0.25) is 0 Å². The Hall–Kier alpha value is -3.26. The fraction of sp³-hybridized carbons (Fsp3) is 0.267. The Bertz CT molecular complexity index is 1650. The molecule has 5 rings (SSSR count). The predicted molar refractivity (Wildman–Crippen MR) is 152 cm³/mol. The number of alkyl halides is 2. The van der Waals surface area contributed by atoms with E-state index in [-0.39, 0.29) is 5.56 Å². The van der Waals surface area contributed by atoms with E-state index in [1.54, 1.807) is 10.8 Å².